The molecular formula is C25H32F2N3O7PS. The number of nitrogens with zero attached hydrogens (tertiary/aromatic N) is 2. The van der Waals surface area contributed by atoms with Crippen LogP contribution in [0.1, 0.15) is 48.8 Å². The number of alkyl halides is 2. The van der Waals surface area contributed by atoms with Crippen molar-refractivity contribution in [2.24, 2.45) is 5.41 Å². The molecule has 2 atom stereocenters. The van der Waals surface area contributed by atoms with Gasteiger partial charge in [-0.3, -0.25) is 18.9 Å². The van der Waals surface area contributed by atoms with Crippen LogP contribution in [0, 0.1) is 5.41 Å². The number of carbonyl (C=O) groups excluding carboxylic acids is 3. The lowest BCUT2D eigenvalue weighted by Crippen LogP contribution is -2.58. The number of hydrogen-bond acceptors (Lipinski definition) is 6. The van der Waals surface area contributed by atoms with Crippen LogP contribution in [0.2, 0.25) is 0 Å². The van der Waals surface area contributed by atoms with Crippen molar-refractivity contribution in [3.05, 3.63) is 34.7 Å². The van der Waals surface area contributed by atoms with E-state index in [1.165, 1.54) is 17.0 Å². The predicted molar refractivity (Wildman–Crippen MR) is 141 cm³/mol. The first-order valence-corrected chi connectivity index (χ1v) is 15.0. The minimum atomic E-state index is -5.75. The maximum absolute atomic E-state index is 14.2. The second kappa shape index (κ2) is 10.9. The van der Waals surface area contributed by atoms with E-state index in [2.05, 4.69) is 5.32 Å². The van der Waals surface area contributed by atoms with Crippen molar-refractivity contribution in [2.45, 2.75) is 51.4 Å². The zero-order valence-electron chi connectivity index (χ0n) is 21.9. The molecule has 3 heterocycles. The Balaban J connectivity index is 1.55. The van der Waals surface area contributed by atoms with Gasteiger partial charge >= 0.3 is 13.3 Å². The maximum atomic E-state index is 14.2. The van der Waals surface area contributed by atoms with Crippen molar-refractivity contribution in [3.63, 3.8) is 0 Å². The van der Waals surface area contributed by atoms with Gasteiger partial charge in [-0.2, -0.15) is 8.78 Å². The summed E-state index contributed by atoms with van der Waals surface area (Å²) in [7, 11) is -5.75. The molecule has 2 aliphatic heterocycles. The van der Waals surface area contributed by atoms with Crippen LogP contribution in [0.15, 0.2) is 24.3 Å². The number of fused-ring (bicyclic) bond motifs is 1. The van der Waals surface area contributed by atoms with Gasteiger partial charge in [0.25, 0.3) is 5.91 Å². The number of rotatable bonds is 6. The summed E-state index contributed by atoms with van der Waals surface area (Å²) in [5, 5.41) is 2.99. The molecule has 2 aliphatic rings. The number of hydrogen-bond donors (Lipinski definition) is 3. The van der Waals surface area contributed by atoms with Gasteiger partial charge in [0.1, 0.15) is 12.1 Å². The molecule has 3 N–H and O–H groups in total. The van der Waals surface area contributed by atoms with Crippen LogP contribution in [0.25, 0.3) is 10.1 Å². The van der Waals surface area contributed by atoms with E-state index < -0.39 is 42.2 Å². The number of halogens is 2. The predicted octanol–water partition coefficient (Wildman–Crippen LogP) is 3.12. The average molecular weight is 588 g/mol. The number of ether oxygens (including phenoxy) is 1. The monoisotopic (exact) mass is 587 g/mol. The largest absolute Gasteiger partial charge is 0.399 e. The van der Waals surface area contributed by atoms with Crippen LogP contribution < -0.4 is 5.32 Å². The number of benzene rings is 1. The van der Waals surface area contributed by atoms with E-state index in [1.54, 1.807) is 25.7 Å². The van der Waals surface area contributed by atoms with E-state index in [9.17, 15) is 27.7 Å². The van der Waals surface area contributed by atoms with Gasteiger partial charge in [-0.25, -0.2) is 0 Å². The fourth-order valence-electron chi connectivity index (χ4n) is 4.81. The number of nitrogens with one attached hydrogen (secondary N) is 1. The molecule has 0 unspecified atom stereocenters. The quantitative estimate of drug-likeness (QED) is 0.442. The number of morpholine rings is 1. The summed E-state index contributed by atoms with van der Waals surface area (Å²) >= 11 is 1.00. The standard InChI is InChI=1S/C25H32F2N3O7PS/c1-24(2,3)20(23(33)30-8-4-5-17(30)22(32)29-9-11-37-12-10-29)28-21(31)19-14-15-13-16(6-7-18(15)39-19)25(26,27)38(34,35)36/h6-7,13-14,17,20H,4-5,8-12H2,1-3H3,(H,28,31)(H2,34,35,36)/t17-,20+/m0/s1. The van der Waals surface area contributed by atoms with Gasteiger partial charge < -0.3 is 29.6 Å². The Morgan fingerprint density at radius 2 is 1.79 bits per heavy atom. The highest BCUT2D eigenvalue weighted by Gasteiger charge is 2.50. The Bertz CT molecular complexity index is 1320. The summed E-state index contributed by atoms with van der Waals surface area (Å²) in [4.78, 5) is 61.6. The molecule has 0 radical (unpaired) electrons. The fraction of sp³-hybridized carbons (Fsp3) is 0.560. The van der Waals surface area contributed by atoms with E-state index in [4.69, 9.17) is 14.5 Å². The Morgan fingerprint density at radius 3 is 2.41 bits per heavy atom. The van der Waals surface area contributed by atoms with E-state index in [0.717, 1.165) is 23.5 Å². The molecule has 4 rings (SSSR count). The minimum absolute atomic E-state index is 0.129. The number of thiophene rings is 1. The molecule has 0 aliphatic carbocycles. The minimum Gasteiger partial charge on any atom is -0.378 e. The van der Waals surface area contributed by atoms with Crippen molar-refractivity contribution in [2.75, 3.05) is 32.8 Å². The van der Waals surface area contributed by atoms with Crippen LogP contribution in [-0.4, -0.2) is 82.2 Å². The molecule has 0 spiro atoms. The average Bonchev–Trinajstić information content (AvgIpc) is 3.52. The number of amides is 3. The molecule has 0 bridgehead atoms. The van der Waals surface area contributed by atoms with Crippen LogP contribution >= 0.6 is 18.9 Å². The second-order valence-corrected chi connectivity index (χ2v) is 13.6. The number of carbonyl (C=O) groups is 3. The van der Waals surface area contributed by atoms with E-state index in [0.29, 0.717) is 50.4 Å². The molecule has 39 heavy (non-hydrogen) atoms. The highest BCUT2D eigenvalue weighted by molar-refractivity contribution is 7.52. The molecule has 1 aromatic heterocycles. The molecule has 1 aromatic carbocycles. The topological polar surface area (TPSA) is 136 Å². The van der Waals surface area contributed by atoms with E-state index >= 15 is 0 Å². The Kier molecular flexibility index (Phi) is 8.22. The van der Waals surface area contributed by atoms with E-state index in [-0.39, 0.29) is 22.1 Å². The van der Waals surface area contributed by atoms with Gasteiger partial charge in [-0.05, 0) is 41.8 Å². The van der Waals surface area contributed by atoms with Crippen LogP contribution in [0.5, 0.6) is 0 Å². The third-order valence-electron chi connectivity index (χ3n) is 6.99. The molecule has 14 heteroatoms. The number of likely N-dealkylation sites (tertiary alicyclic amines) is 1. The lowest BCUT2D eigenvalue weighted by Gasteiger charge is -2.37. The molecule has 214 valence electrons. The third-order valence-corrected chi connectivity index (χ3v) is 9.09. The van der Waals surface area contributed by atoms with Crippen molar-refractivity contribution in [1.29, 1.82) is 0 Å². The molecule has 2 saturated heterocycles. The summed E-state index contributed by atoms with van der Waals surface area (Å²) in [5.74, 6) is -1.09. The summed E-state index contributed by atoms with van der Waals surface area (Å²) in [6, 6.07) is 2.90. The molecule has 3 amide bonds. The smallest absolute Gasteiger partial charge is 0.378 e. The fourth-order valence-corrected chi connectivity index (χ4v) is 6.23. The van der Waals surface area contributed by atoms with Crippen LogP contribution in [0.4, 0.5) is 8.78 Å². The Morgan fingerprint density at radius 1 is 1.13 bits per heavy atom. The second-order valence-electron chi connectivity index (χ2n) is 10.8. The normalized spacial score (nSPS) is 19.8. The van der Waals surface area contributed by atoms with Crippen LogP contribution in [-0.2, 0) is 24.6 Å². The SMILES string of the molecule is CC(C)(C)[C@H](NC(=O)c1cc2cc(C(F)(F)P(=O)(O)O)ccc2s1)C(=O)N1CCC[C@H]1C(=O)N1CCOCC1. The maximum Gasteiger partial charge on any atom is 0.399 e. The van der Waals surface area contributed by atoms with Crippen molar-refractivity contribution in [1.82, 2.24) is 15.1 Å². The van der Waals surface area contributed by atoms with Gasteiger partial charge in [0, 0.05) is 29.9 Å². The Hall–Kier alpha value is -2.44. The van der Waals surface area contributed by atoms with E-state index in [1.807, 2.05) is 0 Å². The van der Waals surface area contributed by atoms with Gasteiger partial charge in [-0.15, -0.1) is 11.3 Å². The van der Waals surface area contributed by atoms with Gasteiger partial charge in [0.2, 0.25) is 11.8 Å². The summed E-state index contributed by atoms with van der Waals surface area (Å²) in [5.41, 5.74) is -5.95. The van der Waals surface area contributed by atoms with Crippen LogP contribution in [0.3, 0.4) is 0 Å². The molecule has 0 saturated carbocycles. The van der Waals surface area contributed by atoms with Gasteiger partial charge in [-0.1, -0.05) is 26.8 Å². The lowest BCUT2D eigenvalue weighted by atomic mass is 9.85. The highest BCUT2D eigenvalue weighted by Crippen LogP contribution is 2.59. The van der Waals surface area contributed by atoms with Crippen molar-refractivity contribution >= 4 is 46.7 Å². The Labute approximate surface area is 228 Å². The zero-order valence-corrected chi connectivity index (χ0v) is 23.6. The first kappa shape index (κ1) is 29.5. The summed E-state index contributed by atoms with van der Waals surface area (Å²) in [6.45, 7) is 7.60. The summed E-state index contributed by atoms with van der Waals surface area (Å²) < 4.78 is 45.4. The summed E-state index contributed by atoms with van der Waals surface area (Å²) in [6.07, 6.45) is 1.19. The van der Waals surface area contributed by atoms with Crippen molar-refractivity contribution in [3.8, 4) is 0 Å². The van der Waals surface area contributed by atoms with Gasteiger partial charge in [0.15, 0.2) is 0 Å². The van der Waals surface area contributed by atoms with Crippen molar-refractivity contribution < 1.29 is 42.3 Å². The first-order valence-electron chi connectivity index (χ1n) is 12.6. The third kappa shape index (κ3) is 6.02. The molecule has 2 aromatic rings. The first-order chi connectivity index (χ1) is 18.1. The molecule has 10 nitrogen and oxygen atoms in total. The lowest BCUT2D eigenvalue weighted by molar-refractivity contribution is -0.148. The molecule has 2 fully saturated rings. The van der Waals surface area contributed by atoms with Gasteiger partial charge in [0.05, 0.1) is 18.1 Å². The highest BCUT2D eigenvalue weighted by atomic mass is 32.1. The molecular weight excluding hydrogens is 555 g/mol. The zero-order chi connectivity index (χ0) is 28.8.